The zero-order valence-corrected chi connectivity index (χ0v) is 11.5. The Bertz CT molecular complexity index is 539. The van der Waals surface area contributed by atoms with Crippen LogP contribution in [-0.4, -0.2) is 13.5 Å². The molecule has 0 spiro atoms. The van der Waals surface area contributed by atoms with Gasteiger partial charge in [0.05, 0.1) is 10.2 Å². The predicted octanol–water partition coefficient (Wildman–Crippen LogP) is 2.71. The lowest BCUT2D eigenvalue weighted by Gasteiger charge is -2.10. The Labute approximate surface area is 107 Å². The summed E-state index contributed by atoms with van der Waals surface area (Å²) >= 11 is 3.30. The summed E-state index contributed by atoms with van der Waals surface area (Å²) in [6.45, 7) is 0. The van der Waals surface area contributed by atoms with Gasteiger partial charge in [0.15, 0.2) is 0 Å². The molecule has 0 amide bonds. The van der Waals surface area contributed by atoms with Crippen LogP contribution >= 0.6 is 26.6 Å². The van der Waals surface area contributed by atoms with Crippen molar-refractivity contribution < 1.29 is 13.5 Å². The minimum absolute atomic E-state index is 0.00937. The quantitative estimate of drug-likeness (QED) is 0.851. The summed E-state index contributed by atoms with van der Waals surface area (Å²) in [5.41, 5.74) is 2.54. The van der Waals surface area contributed by atoms with Gasteiger partial charge in [-0.15, -0.1) is 0 Å². The van der Waals surface area contributed by atoms with Gasteiger partial charge >= 0.3 is 0 Å². The molecule has 0 aliphatic heterocycles. The second-order valence-electron chi connectivity index (χ2n) is 3.87. The summed E-state index contributed by atoms with van der Waals surface area (Å²) in [4.78, 5) is 0. The number of hydrogen-bond donors (Lipinski definition) is 1. The molecule has 0 saturated carbocycles. The molecule has 88 valence electrons. The average molecular weight is 326 g/mol. The van der Waals surface area contributed by atoms with E-state index in [9.17, 15) is 13.5 Å². The maximum Gasteiger partial charge on any atom is 0.236 e. The first-order chi connectivity index (χ1) is 7.38. The standard InChI is InChI=1S/C10H10BrClO3S/c11-9-8-3-1-2-6(8)4-7(10(9)13)5-16(12,14)15/h4,13H,1-3,5H2. The maximum absolute atomic E-state index is 11.0. The van der Waals surface area contributed by atoms with E-state index in [1.165, 1.54) is 0 Å². The van der Waals surface area contributed by atoms with Gasteiger partial charge in [-0.05, 0) is 46.3 Å². The van der Waals surface area contributed by atoms with Crippen LogP contribution in [0, 0.1) is 0 Å². The van der Waals surface area contributed by atoms with E-state index in [0.717, 1.165) is 30.4 Å². The molecule has 0 unspecified atom stereocenters. The number of aryl methyl sites for hydroxylation is 1. The maximum atomic E-state index is 11.0. The van der Waals surface area contributed by atoms with Gasteiger partial charge in [-0.25, -0.2) is 8.42 Å². The molecule has 0 bridgehead atoms. The molecule has 1 aromatic rings. The highest BCUT2D eigenvalue weighted by Gasteiger charge is 2.21. The SMILES string of the molecule is O=S(=O)(Cl)Cc1cc2c(c(Br)c1O)CCC2. The van der Waals surface area contributed by atoms with Crippen molar-refractivity contribution in [2.24, 2.45) is 0 Å². The first-order valence-corrected chi connectivity index (χ1v) is 8.10. The van der Waals surface area contributed by atoms with Gasteiger partial charge in [0.25, 0.3) is 0 Å². The van der Waals surface area contributed by atoms with Crippen LogP contribution in [0.1, 0.15) is 23.1 Å². The molecule has 0 saturated heterocycles. The number of halogens is 2. The molecule has 0 fully saturated rings. The second-order valence-corrected chi connectivity index (χ2v) is 7.44. The van der Waals surface area contributed by atoms with E-state index >= 15 is 0 Å². The molecular formula is C10H10BrClO3S. The Kier molecular flexibility index (Phi) is 3.20. The number of phenolic OH excluding ortho intramolecular Hbond substituents is 1. The third kappa shape index (κ3) is 2.36. The van der Waals surface area contributed by atoms with Crippen molar-refractivity contribution in [1.29, 1.82) is 0 Å². The van der Waals surface area contributed by atoms with Crippen LogP contribution in [0.5, 0.6) is 5.75 Å². The first-order valence-electron chi connectivity index (χ1n) is 4.83. The lowest BCUT2D eigenvalue weighted by atomic mass is 10.1. The average Bonchev–Trinajstić information content (AvgIpc) is 2.59. The van der Waals surface area contributed by atoms with Crippen molar-refractivity contribution in [3.8, 4) is 5.75 Å². The molecule has 1 aliphatic carbocycles. The molecular weight excluding hydrogens is 316 g/mol. The summed E-state index contributed by atoms with van der Waals surface area (Å²) in [5.74, 6) is -0.350. The van der Waals surface area contributed by atoms with Gasteiger partial charge in [0, 0.05) is 16.2 Å². The number of hydrogen-bond acceptors (Lipinski definition) is 3. The van der Waals surface area contributed by atoms with Crippen LogP contribution in [0.3, 0.4) is 0 Å². The van der Waals surface area contributed by atoms with Crippen molar-refractivity contribution in [2.75, 3.05) is 0 Å². The van der Waals surface area contributed by atoms with Gasteiger partial charge in [-0.1, -0.05) is 6.07 Å². The van der Waals surface area contributed by atoms with Crippen molar-refractivity contribution in [3.05, 3.63) is 27.2 Å². The van der Waals surface area contributed by atoms with Crippen molar-refractivity contribution >= 4 is 35.7 Å². The van der Waals surface area contributed by atoms with E-state index in [4.69, 9.17) is 10.7 Å². The molecule has 0 radical (unpaired) electrons. The Morgan fingerprint density at radius 1 is 1.44 bits per heavy atom. The van der Waals surface area contributed by atoms with E-state index in [-0.39, 0.29) is 11.5 Å². The van der Waals surface area contributed by atoms with Crippen molar-refractivity contribution in [3.63, 3.8) is 0 Å². The van der Waals surface area contributed by atoms with Crippen LogP contribution in [-0.2, 0) is 27.6 Å². The minimum Gasteiger partial charge on any atom is -0.506 e. The fourth-order valence-electron chi connectivity index (χ4n) is 2.04. The number of phenols is 1. The molecule has 1 N–H and O–H groups in total. The summed E-state index contributed by atoms with van der Waals surface area (Å²) in [7, 11) is 1.55. The summed E-state index contributed by atoms with van der Waals surface area (Å²) < 4.78 is 22.6. The highest BCUT2D eigenvalue weighted by Crippen LogP contribution is 2.39. The second kappa shape index (κ2) is 4.20. The van der Waals surface area contributed by atoms with Crippen LogP contribution in [0.4, 0.5) is 0 Å². The molecule has 3 nitrogen and oxygen atoms in total. The van der Waals surface area contributed by atoms with E-state index in [1.807, 2.05) is 0 Å². The Morgan fingerprint density at radius 3 is 2.75 bits per heavy atom. The first kappa shape index (κ1) is 12.2. The monoisotopic (exact) mass is 324 g/mol. The topological polar surface area (TPSA) is 54.4 Å². The van der Waals surface area contributed by atoms with Crippen molar-refractivity contribution in [1.82, 2.24) is 0 Å². The van der Waals surface area contributed by atoms with Gasteiger partial charge in [-0.2, -0.15) is 0 Å². The van der Waals surface area contributed by atoms with E-state index in [2.05, 4.69) is 15.9 Å². The smallest absolute Gasteiger partial charge is 0.236 e. The van der Waals surface area contributed by atoms with Crippen LogP contribution in [0.15, 0.2) is 10.5 Å². The van der Waals surface area contributed by atoms with Gasteiger partial charge < -0.3 is 5.11 Å². The van der Waals surface area contributed by atoms with Gasteiger partial charge in [-0.3, -0.25) is 0 Å². The van der Waals surface area contributed by atoms with Crippen molar-refractivity contribution in [2.45, 2.75) is 25.0 Å². The minimum atomic E-state index is -3.64. The third-order valence-electron chi connectivity index (χ3n) is 2.71. The molecule has 0 atom stereocenters. The van der Waals surface area contributed by atoms with Crippen LogP contribution in [0.2, 0.25) is 0 Å². The normalized spacial score (nSPS) is 15.1. The fourth-order valence-corrected chi connectivity index (χ4v) is 3.69. The number of benzene rings is 1. The third-order valence-corrected chi connectivity index (χ3v) is 4.55. The molecule has 0 heterocycles. The molecule has 2 rings (SSSR count). The molecule has 0 aromatic heterocycles. The van der Waals surface area contributed by atoms with E-state index < -0.39 is 9.05 Å². The molecule has 16 heavy (non-hydrogen) atoms. The highest BCUT2D eigenvalue weighted by atomic mass is 79.9. The lowest BCUT2D eigenvalue weighted by Crippen LogP contribution is -1.98. The zero-order valence-electron chi connectivity index (χ0n) is 8.33. The zero-order chi connectivity index (χ0) is 11.9. The Hall–Kier alpha value is -0.260. The van der Waals surface area contributed by atoms with Crippen LogP contribution in [0.25, 0.3) is 0 Å². The van der Waals surface area contributed by atoms with Gasteiger partial charge in [0.1, 0.15) is 5.75 Å². The van der Waals surface area contributed by atoms with Crippen LogP contribution < -0.4 is 0 Å². The van der Waals surface area contributed by atoms with E-state index in [1.54, 1.807) is 6.07 Å². The van der Waals surface area contributed by atoms with E-state index in [0.29, 0.717) is 10.0 Å². The highest BCUT2D eigenvalue weighted by molar-refractivity contribution is 9.10. The summed E-state index contributed by atoms with van der Waals surface area (Å²) in [6, 6.07) is 1.74. The number of aromatic hydroxyl groups is 1. The molecule has 1 aromatic carbocycles. The molecule has 1 aliphatic rings. The largest absolute Gasteiger partial charge is 0.506 e. The number of fused-ring (bicyclic) bond motifs is 1. The summed E-state index contributed by atoms with van der Waals surface area (Å²) in [6.07, 6.45) is 2.87. The fraction of sp³-hybridized carbons (Fsp3) is 0.400. The Balaban J connectivity index is 2.52. The predicted molar refractivity (Wildman–Crippen MR) is 66.3 cm³/mol. The number of rotatable bonds is 2. The lowest BCUT2D eigenvalue weighted by molar-refractivity contribution is 0.465. The summed E-state index contributed by atoms with van der Waals surface area (Å²) in [5, 5.41) is 9.86. The Morgan fingerprint density at radius 2 is 2.12 bits per heavy atom. The molecule has 6 heteroatoms. The van der Waals surface area contributed by atoms with Gasteiger partial charge in [0.2, 0.25) is 9.05 Å².